The zero-order valence-electron chi connectivity index (χ0n) is 16.2. The van der Waals surface area contributed by atoms with E-state index in [-0.39, 0.29) is 0 Å². The van der Waals surface area contributed by atoms with Gasteiger partial charge in [-0.15, -0.1) is 21.5 Å². The Morgan fingerprint density at radius 3 is 2.59 bits per heavy atom. The van der Waals surface area contributed by atoms with Crippen molar-refractivity contribution in [2.45, 2.75) is 34.1 Å². The number of anilines is 2. The first-order valence-corrected chi connectivity index (χ1v) is 10.4. The number of thiazole rings is 1. The maximum absolute atomic E-state index is 11.9. The second-order valence-corrected chi connectivity index (χ2v) is 7.14. The van der Waals surface area contributed by atoms with Gasteiger partial charge >= 0.3 is 5.97 Å². The summed E-state index contributed by atoms with van der Waals surface area (Å²) < 4.78 is 5.04. The number of esters is 1. The van der Waals surface area contributed by atoms with Crippen LogP contribution in [0.5, 0.6) is 0 Å². The number of aromatic nitrogens is 3. The minimum Gasteiger partial charge on any atom is -0.461 e. The number of aryl methyl sites for hydroxylation is 1. The highest BCUT2D eigenvalue weighted by Crippen LogP contribution is 2.29. The monoisotopic (exact) mass is 411 g/mol. The van der Waals surface area contributed by atoms with Crippen molar-refractivity contribution in [1.82, 2.24) is 20.1 Å². The molecule has 0 radical (unpaired) electrons. The lowest BCUT2D eigenvalue weighted by Gasteiger charge is -2.23. The molecule has 2 aromatic heterocycles. The lowest BCUT2D eigenvalue weighted by molar-refractivity contribution is 0.0520. The maximum Gasteiger partial charge on any atom is 0.357 e. The molecular formula is C18H26ClN5O2S. The summed E-state index contributed by atoms with van der Waals surface area (Å²) in [6, 6.07) is 1.89. The van der Waals surface area contributed by atoms with Crippen molar-refractivity contribution in [2.24, 2.45) is 0 Å². The molecule has 0 aliphatic rings. The van der Waals surface area contributed by atoms with Crippen LogP contribution in [0.4, 0.5) is 10.9 Å². The third kappa shape index (κ3) is 5.85. The van der Waals surface area contributed by atoms with Crippen LogP contribution in [0.25, 0.3) is 0 Å². The average molecular weight is 412 g/mol. The van der Waals surface area contributed by atoms with Gasteiger partial charge in [-0.25, -0.2) is 9.78 Å². The van der Waals surface area contributed by atoms with Gasteiger partial charge in [0, 0.05) is 11.9 Å². The third-order valence-corrected chi connectivity index (χ3v) is 5.38. The Labute approximate surface area is 169 Å². The van der Waals surface area contributed by atoms with Crippen molar-refractivity contribution in [3.8, 4) is 0 Å². The van der Waals surface area contributed by atoms with E-state index in [9.17, 15) is 4.79 Å². The standard InChI is InChI=1S/C18H26ClN5O2S/c1-5-23(6-2)9-8-10-24(15-11-13(4)16(19)22-21-15)18-20-14(12-27-18)17(25)26-7-3/h11-12H,5-10H2,1-4H3. The summed E-state index contributed by atoms with van der Waals surface area (Å²) in [4.78, 5) is 20.7. The number of carbonyl (C=O) groups excluding carboxylic acids is 1. The van der Waals surface area contributed by atoms with E-state index < -0.39 is 5.97 Å². The molecule has 0 amide bonds. The Morgan fingerprint density at radius 1 is 1.22 bits per heavy atom. The number of hydrogen-bond acceptors (Lipinski definition) is 8. The largest absolute Gasteiger partial charge is 0.461 e. The zero-order chi connectivity index (χ0) is 19.8. The lowest BCUT2D eigenvalue weighted by atomic mass is 10.3. The van der Waals surface area contributed by atoms with Crippen molar-refractivity contribution < 1.29 is 9.53 Å². The van der Waals surface area contributed by atoms with E-state index in [0.29, 0.717) is 34.9 Å². The van der Waals surface area contributed by atoms with E-state index >= 15 is 0 Å². The molecule has 27 heavy (non-hydrogen) atoms. The van der Waals surface area contributed by atoms with Crippen molar-refractivity contribution in [1.29, 1.82) is 0 Å². The van der Waals surface area contributed by atoms with E-state index in [1.54, 1.807) is 12.3 Å². The molecular weight excluding hydrogens is 386 g/mol. The molecule has 0 aromatic carbocycles. The average Bonchev–Trinajstić information content (AvgIpc) is 3.14. The number of nitrogens with zero attached hydrogens (tertiary/aromatic N) is 5. The first-order chi connectivity index (χ1) is 13.0. The van der Waals surface area contributed by atoms with E-state index in [1.807, 2.05) is 17.9 Å². The van der Waals surface area contributed by atoms with Gasteiger partial charge in [0.25, 0.3) is 0 Å². The second-order valence-electron chi connectivity index (χ2n) is 5.94. The summed E-state index contributed by atoms with van der Waals surface area (Å²) in [6.07, 6.45) is 0.930. The quantitative estimate of drug-likeness (QED) is 0.548. The smallest absolute Gasteiger partial charge is 0.357 e. The molecule has 0 saturated carbocycles. The minimum atomic E-state index is -0.415. The van der Waals surface area contributed by atoms with Crippen molar-refractivity contribution >= 4 is 39.9 Å². The van der Waals surface area contributed by atoms with Gasteiger partial charge in [0.1, 0.15) is 0 Å². The number of ether oxygens (including phenoxy) is 1. The highest BCUT2D eigenvalue weighted by molar-refractivity contribution is 7.14. The molecule has 9 heteroatoms. The van der Waals surface area contributed by atoms with E-state index in [0.717, 1.165) is 31.6 Å². The third-order valence-electron chi connectivity index (χ3n) is 4.15. The second kappa shape index (κ2) is 10.5. The fraction of sp³-hybridized carbons (Fsp3) is 0.556. The fourth-order valence-electron chi connectivity index (χ4n) is 2.58. The molecule has 148 valence electrons. The molecule has 0 saturated heterocycles. The molecule has 0 unspecified atom stereocenters. The highest BCUT2D eigenvalue weighted by atomic mass is 35.5. The van der Waals surface area contributed by atoms with E-state index in [2.05, 4.69) is 33.9 Å². The Hall–Kier alpha value is -1.77. The maximum atomic E-state index is 11.9. The first kappa shape index (κ1) is 21.5. The molecule has 2 heterocycles. The summed E-state index contributed by atoms with van der Waals surface area (Å²) in [5.74, 6) is 0.252. The first-order valence-electron chi connectivity index (χ1n) is 9.12. The molecule has 7 nitrogen and oxygen atoms in total. The predicted molar refractivity (Wildman–Crippen MR) is 109 cm³/mol. The van der Waals surface area contributed by atoms with Gasteiger partial charge in [-0.3, -0.25) is 0 Å². The van der Waals surface area contributed by atoms with Crippen LogP contribution in [0, 0.1) is 6.92 Å². The molecule has 0 aliphatic carbocycles. The van der Waals surface area contributed by atoms with Crippen LogP contribution < -0.4 is 4.90 Å². The minimum absolute atomic E-state index is 0.309. The van der Waals surface area contributed by atoms with E-state index in [1.165, 1.54) is 11.3 Å². The van der Waals surface area contributed by atoms with Crippen LogP contribution in [-0.2, 0) is 4.74 Å². The molecule has 0 fully saturated rings. The summed E-state index contributed by atoms with van der Waals surface area (Å²) in [6.45, 7) is 12.0. The molecule has 0 atom stereocenters. The lowest BCUT2D eigenvalue weighted by Crippen LogP contribution is -2.28. The molecule has 2 rings (SSSR count). The van der Waals surface area contributed by atoms with Gasteiger partial charge in [-0.05, 0) is 51.5 Å². The number of carbonyl (C=O) groups is 1. The van der Waals surface area contributed by atoms with Gasteiger partial charge in [0.2, 0.25) is 0 Å². The molecule has 0 bridgehead atoms. The van der Waals surface area contributed by atoms with Crippen molar-refractivity contribution in [3.63, 3.8) is 0 Å². The van der Waals surface area contributed by atoms with Crippen LogP contribution in [0.1, 0.15) is 43.2 Å². The number of halogens is 1. The number of rotatable bonds is 10. The topological polar surface area (TPSA) is 71.5 Å². The Balaban J connectivity index is 2.23. The van der Waals surface area contributed by atoms with Gasteiger partial charge in [-0.1, -0.05) is 25.4 Å². The Morgan fingerprint density at radius 2 is 1.96 bits per heavy atom. The van der Waals surface area contributed by atoms with Gasteiger partial charge in [0.15, 0.2) is 21.8 Å². The Bertz CT molecular complexity index is 751. The highest BCUT2D eigenvalue weighted by Gasteiger charge is 2.19. The summed E-state index contributed by atoms with van der Waals surface area (Å²) in [5.41, 5.74) is 1.15. The normalized spacial score (nSPS) is 11.0. The SMILES string of the molecule is CCOC(=O)c1csc(N(CCCN(CC)CC)c2cc(C)c(Cl)nn2)n1. The predicted octanol–water partition coefficient (Wildman–Crippen LogP) is 3.94. The van der Waals surface area contributed by atoms with Crippen LogP contribution in [0.15, 0.2) is 11.4 Å². The van der Waals surface area contributed by atoms with Gasteiger partial charge in [0.05, 0.1) is 6.61 Å². The molecule has 2 aromatic rings. The summed E-state index contributed by atoms with van der Waals surface area (Å²) >= 11 is 7.41. The Kier molecular flexibility index (Phi) is 8.40. The van der Waals surface area contributed by atoms with Crippen LogP contribution >= 0.6 is 22.9 Å². The zero-order valence-corrected chi connectivity index (χ0v) is 17.8. The summed E-state index contributed by atoms with van der Waals surface area (Å²) in [5, 5.41) is 11.0. The van der Waals surface area contributed by atoms with E-state index in [4.69, 9.17) is 16.3 Å². The summed E-state index contributed by atoms with van der Waals surface area (Å²) in [7, 11) is 0. The van der Waals surface area contributed by atoms with Gasteiger partial charge in [-0.2, -0.15) is 0 Å². The molecule has 0 spiro atoms. The number of hydrogen-bond donors (Lipinski definition) is 0. The van der Waals surface area contributed by atoms with Crippen LogP contribution in [0.3, 0.4) is 0 Å². The fourth-order valence-corrected chi connectivity index (χ4v) is 3.50. The van der Waals surface area contributed by atoms with Crippen LogP contribution in [-0.4, -0.2) is 58.8 Å². The van der Waals surface area contributed by atoms with Crippen LogP contribution in [0.2, 0.25) is 5.15 Å². The molecule has 0 N–H and O–H groups in total. The van der Waals surface area contributed by atoms with Crippen molar-refractivity contribution in [2.75, 3.05) is 37.7 Å². The van der Waals surface area contributed by atoms with Gasteiger partial charge < -0.3 is 14.5 Å². The van der Waals surface area contributed by atoms with Crippen molar-refractivity contribution in [3.05, 3.63) is 27.9 Å². The molecule has 0 aliphatic heterocycles.